The van der Waals surface area contributed by atoms with E-state index in [9.17, 15) is 4.79 Å². The van der Waals surface area contributed by atoms with Crippen molar-refractivity contribution >= 4 is 17.7 Å². The average Bonchev–Trinajstić information content (AvgIpc) is 2.69. The van der Waals surface area contributed by atoms with Crippen LogP contribution in [-0.4, -0.2) is 29.3 Å². The molecule has 0 saturated carbocycles. The quantitative estimate of drug-likeness (QED) is 0.301. The van der Waals surface area contributed by atoms with Crippen LogP contribution >= 0.6 is 11.8 Å². The molecule has 2 rings (SSSR count). The summed E-state index contributed by atoms with van der Waals surface area (Å²) in [4.78, 5) is 21.9. The summed E-state index contributed by atoms with van der Waals surface area (Å²) in [6, 6.07) is 7.41. The number of methoxy groups -OCH3 is 1. The van der Waals surface area contributed by atoms with Gasteiger partial charge in [-0.15, -0.1) is 11.8 Å². The Labute approximate surface area is 157 Å². The molecule has 26 heavy (non-hydrogen) atoms. The largest absolute Gasteiger partial charge is 0.495 e. The van der Waals surface area contributed by atoms with Crippen LogP contribution in [0.3, 0.4) is 0 Å². The summed E-state index contributed by atoms with van der Waals surface area (Å²) in [6.07, 6.45) is 8.09. The molecule has 2 heterocycles. The fraction of sp³-hybridized carbons (Fsp3) is 0.150. The van der Waals surface area contributed by atoms with Crippen molar-refractivity contribution in [3.63, 3.8) is 0 Å². The van der Waals surface area contributed by atoms with Crippen LogP contribution in [0.2, 0.25) is 0 Å². The minimum atomic E-state index is -0.490. The van der Waals surface area contributed by atoms with Gasteiger partial charge in [-0.3, -0.25) is 4.98 Å². The van der Waals surface area contributed by atoms with Crippen LogP contribution in [0.25, 0.3) is 11.4 Å². The molecule has 0 unspecified atom stereocenters. The molecule has 0 aliphatic heterocycles. The second-order valence-electron chi connectivity index (χ2n) is 5.04. The van der Waals surface area contributed by atoms with Gasteiger partial charge in [-0.25, -0.2) is 9.78 Å². The highest BCUT2D eigenvalue weighted by Gasteiger charge is 2.16. The second-order valence-corrected chi connectivity index (χ2v) is 5.86. The molecule has 0 atom stereocenters. The number of rotatable bonds is 8. The number of pyridine rings is 2. The van der Waals surface area contributed by atoms with E-state index in [1.807, 2.05) is 30.5 Å². The number of carbonyl (C=O) groups is 1. The fourth-order valence-electron chi connectivity index (χ4n) is 2.24. The summed E-state index contributed by atoms with van der Waals surface area (Å²) < 4.78 is 10.9. The molecule has 0 N–H and O–H groups in total. The number of nitrogens with zero attached hydrogens (tertiary/aromatic N) is 2. The Hall–Kier alpha value is -2.86. The van der Waals surface area contributed by atoms with Gasteiger partial charge in [0.15, 0.2) is 0 Å². The summed E-state index contributed by atoms with van der Waals surface area (Å²) in [6.45, 7) is 7.19. The van der Waals surface area contributed by atoms with Gasteiger partial charge in [-0.05, 0) is 24.5 Å². The Kier molecular flexibility index (Phi) is 7.17. The number of carbonyl (C=O) groups excluding carboxylic acids is 1. The molecule has 0 aliphatic carbocycles. The molecule has 0 fully saturated rings. The fourth-order valence-corrected chi connectivity index (χ4v) is 2.92. The van der Waals surface area contributed by atoms with Crippen LogP contribution in [0.1, 0.15) is 5.69 Å². The highest BCUT2D eigenvalue weighted by Crippen LogP contribution is 2.34. The maximum absolute atomic E-state index is 12.2. The molecule has 6 heteroatoms. The van der Waals surface area contributed by atoms with E-state index in [0.717, 1.165) is 4.90 Å². The van der Waals surface area contributed by atoms with Crippen LogP contribution in [0, 0.1) is 0 Å². The zero-order valence-electron chi connectivity index (χ0n) is 14.8. The minimum absolute atomic E-state index is 0.00830. The first-order chi connectivity index (χ1) is 12.6. The Bertz CT molecular complexity index is 832. The SMILES string of the molecule is C=C/C=C(\C=C)C(=O)OCc1nc(-c2ccccn2)cc(OC)c1SC. The Morgan fingerprint density at radius 3 is 2.69 bits per heavy atom. The van der Waals surface area contributed by atoms with Crippen molar-refractivity contribution in [3.05, 3.63) is 73.1 Å². The van der Waals surface area contributed by atoms with E-state index in [1.165, 1.54) is 23.9 Å². The summed E-state index contributed by atoms with van der Waals surface area (Å²) in [5, 5.41) is 0. The van der Waals surface area contributed by atoms with Crippen LogP contribution in [0.4, 0.5) is 0 Å². The highest BCUT2D eigenvalue weighted by atomic mass is 32.2. The van der Waals surface area contributed by atoms with Gasteiger partial charge in [0, 0.05) is 12.3 Å². The minimum Gasteiger partial charge on any atom is -0.495 e. The molecule has 0 radical (unpaired) electrons. The Morgan fingerprint density at radius 1 is 1.31 bits per heavy atom. The standard InChI is InChI=1S/C20H20N2O3S/c1-5-9-14(6-2)20(23)25-13-17-19(26-4)18(24-3)12-16(22-17)15-10-7-8-11-21-15/h5-12H,1-2,13H2,3-4H3/b14-9+. The maximum Gasteiger partial charge on any atom is 0.338 e. The molecular weight excluding hydrogens is 348 g/mol. The predicted octanol–water partition coefficient (Wildman–Crippen LogP) is 4.22. The van der Waals surface area contributed by atoms with Crippen molar-refractivity contribution < 1.29 is 14.3 Å². The van der Waals surface area contributed by atoms with E-state index in [0.29, 0.717) is 28.4 Å². The van der Waals surface area contributed by atoms with Gasteiger partial charge in [0.25, 0.3) is 0 Å². The van der Waals surface area contributed by atoms with Gasteiger partial charge in [-0.1, -0.05) is 31.4 Å². The van der Waals surface area contributed by atoms with Crippen molar-refractivity contribution in [2.24, 2.45) is 0 Å². The third-order valence-electron chi connectivity index (χ3n) is 3.45. The number of hydrogen-bond donors (Lipinski definition) is 0. The van der Waals surface area contributed by atoms with Crippen LogP contribution in [0.5, 0.6) is 5.75 Å². The highest BCUT2D eigenvalue weighted by molar-refractivity contribution is 7.98. The molecule has 0 amide bonds. The first-order valence-electron chi connectivity index (χ1n) is 7.80. The lowest BCUT2D eigenvalue weighted by Gasteiger charge is -2.14. The van der Waals surface area contributed by atoms with E-state index >= 15 is 0 Å². The zero-order valence-corrected chi connectivity index (χ0v) is 15.6. The summed E-state index contributed by atoms with van der Waals surface area (Å²) in [7, 11) is 1.59. The van der Waals surface area contributed by atoms with Gasteiger partial charge in [0.2, 0.25) is 0 Å². The van der Waals surface area contributed by atoms with E-state index in [-0.39, 0.29) is 6.61 Å². The van der Waals surface area contributed by atoms with Gasteiger partial charge in [0.1, 0.15) is 12.4 Å². The molecule has 2 aromatic heterocycles. The molecule has 0 aromatic carbocycles. The molecule has 5 nitrogen and oxygen atoms in total. The van der Waals surface area contributed by atoms with Gasteiger partial charge in [0.05, 0.1) is 34.7 Å². The smallest absolute Gasteiger partial charge is 0.338 e. The number of ether oxygens (including phenoxy) is 2. The zero-order chi connectivity index (χ0) is 18.9. The third kappa shape index (κ3) is 4.61. The van der Waals surface area contributed by atoms with Gasteiger partial charge >= 0.3 is 5.97 Å². The molecule has 134 valence electrons. The van der Waals surface area contributed by atoms with Crippen LogP contribution in [0.15, 0.2) is 72.3 Å². The summed E-state index contributed by atoms with van der Waals surface area (Å²) in [5.74, 6) is 0.167. The number of allylic oxidation sites excluding steroid dienone is 2. The van der Waals surface area contributed by atoms with Crippen LogP contribution < -0.4 is 4.74 Å². The van der Waals surface area contributed by atoms with Crippen molar-refractivity contribution in [1.29, 1.82) is 0 Å². The lowest BCUT2D eigenvalue weighted by Crippen LogP contribution is -2.09. The molecule has 0 saturated heterocycles. The number of esters is 1. The Balaban J connectivity index is 2.37. The first-order valence-corrected chi connectivity index (χ1v) is 9.02. The summed E-state index contributed by atoms with van der Waals surface area (Å²) >= 11 is 1.48. The van der Waals surface area contributed by atoms with Gasteiger partial charge in [-0.2, -0.15) is 0 Å². The van der Waals surface area contributed by atoms with E-state index in [1.54, 1.807) is 19.4 Å². The molecule has 0 spiro atoms. The molecule has 0 aliphatic rings. The Morgan fingerprint density at radius 2 is 2.12 bits per heavy atom. The lowest BCUT2D eigenvalue weighted by atomic mass is 10.2. The molecular formula is C20H20N2O3S. The van der Waals surface area contributed by atoms with Crippen molar-refractivity contribution in [3.8, 4) is 17.1 Å². The number of hydrogen-bond acceptors (Lipinski definition) is 6. The van der Waals surface area contributed by atoms with Crippen molar-refractivity contribution in [1.82, 2.24) is 9.97 Å². The molecule has 2 aromatic rings. The normalized spacial score (nSPS) is 10.9. The van der Waals surface area contributed by atoms with E-state index in [4.69, 9.17) is 9.47 Å². The maximum atomic E-state index is 12.2. The lowest BCUT2D eigenvalue weighted by molar-refractivity contribution is -0.140. The second kappa shape index (κ2) is 9.58. The van der Waals surface area contributed by atoms with E-state index < -0.39 is 5.97 Å². The van der Waals surface area contributed by atoms with Crippen molar-refractivity contribution in [2.45, 2.75) is 11.5 Å². The topological polar surface area (TPSA) is 61.3 Å². The average molecular weight is 368 g/mol. The van der Waals surface area contributed by atoms with Crippen molar-refractivity contribution in [2.75, 3.05) is 13.4 Å². The van der Waals surface area contributed by atoms with Gasteiger partial charge < -0.3 is 9.47 Å². The van der Waals surface area contributed by atoms with E-state index in [2.05, 4.69) is 23.1 Å². The number of thioether (sulfide) groups is 1. The summed E-state index contributed by atoms with van der Waals surface area (Å²) in [5.41, 5.74) is 2.30. The number of aromatic nitrogens is 2. The monoisotopic (exact) mass is 368 g/mol. The molecule has 0 bridgehead atoms. The van der Waals surface area contributed by atoms with Crippen LogP contribution in [-0.2, 0) is 16.1 Å². The first kappa shape index (κ1) is 19.5. The third-order valence-corrected chi connectivity index (χ3v) is 4.30. The predicted molar refractivity (Wildman–Crippen MR) is 104 cm³/mol.